The van der Waals surface area contributed by atoms with Crippen LogP contribution in [-0.2, 0) is 11.2 Å². The fourth-order valence-electron chi connectivity index (χ4n) is 3.07. The summed E-state index contributed by atoms with van der Waals surface area (Å²) in [7, 11) is 0. The number of carbonyl (C=O) groups is 2. The molecule has 0 spiro atoms. The van der Waals surface area contributed by atoms with Gasteiger partial charge < -0.3 is 4.90 Å². The number of halogens is 1. The fraction of sp³-hybridized carbons (Fsp3) is 0.263. The van der Waals surface area contributed by atoms with Crippen LogP contribution in [0.4, 0.5) is 5.69 Å². The number of anilines is 1. The van der Waals surface area contributed by atoms with Crippen molar-refractivity contribution in [1.29, 1.82) is 0 Å². The molecule has 23 heavy (non-hydrogen) atoms. The second-order valence-electron chi connectivity index (χ2n) is 5.88. The van der Waals surface area contributed by atoms with E-state index in [2.05, 4.69) is 28.9 Å². The lowest BCUT2D eigenvalue weighted by atomic mass is 10.1. The van der Waals surface area contributed by atoms with Crippen LogP contribution < -0.4 is 4.90 Å². The Morgan fingerprint density at radius 2 is 1.78 bits per heavy atom. The number of amides is 1. The molecule has 1 aliphatic rings. The normalized spacial score (nSPS) is 16.3. The molecule has 0 aliphatic carbocycles. The van der Waals surface area contributed by atoms with Crippen molar-refractivity contribution in [2.24, 2.45) is 0 Å². The van der Waals surface area contributed by atoms with E-state index in [0.717, 1.165) is 16.6 Å². The van der Waals surface area contributed by atoms with Gasteiger partial charge in [0.15, 0.2) is 5.78 Å². The summed E-state index contributed by atoms with van der Waals surface area (Å²) in [6, 6.07) is 15.4. The summed E-state index contributed by atoms with van der Waals surface area (Å²) in [6.07, 6.45) is 1.36. The number of carbonyl (C=O) groups excluding carboxylic acids is 2. The molecule has 4 heteroatoms. The molecule has 0 saturated carbocycles. The molecule has 0 fully saturated rings. The molecule has 1 aliphatic heterocycles. The van der Waals surface area contributed by atoms with E-state index in [9.17, 15) is 9.59 Å². The average molecular weight is 372 g/mol. The van der Waals surface area contributed by atoms with Gasteiger partial charge in [0.05, 0.1) is 0 Å². The maximum Gasteiger partial charge on any atom is 0.227 e. The van der Waals surface area contributed by atoms with E-state index in [4.69, 9.17) is 0 Å². The monoisotopic (exact) mass is 371 g/mol. The first kappa shape index (κ1) is 15.9. The number of ketones is 1. The van der Waals surface area contributed by atoms with Gasteiger partial charge in [-0.25, -0.2) is 0 Å². The van der Waals surface area contributed by atoms with Crippen molar-refractivity contribution in [3.05, 3.63) is 64.1 Å². The predicted octanol–water partition coefficient (Wildman–Crippen LogP) is 4.39. The summed E-state index contributed by atoms with van der Waals surface area (Å²) in [6.45, 7) is 2.05. The average Bonchev–Trinajstić information content (AvgIpc) is 2.88. The largest absolute Gasteiger partial charge is 0.309 e. The van der Waals surface area contributed by atoms with Gasteiger partial charge in [-0.15, -0.1) is 0 Å². The number of nitrogens with zero attached hydrogens (tertiary/aromatic N) is 1. The highest BCUT2D eigenvalue weighted by Crippen LogP contribution is 2.32. The second kappa shape index (κ2) is 6.67. The summed E-state index contributed by atoms with van der Waals surface area (Å²) in [5.41, 5.74) is 2.84. The van der Waals surface area contributed by atoms with E-state index in [1.807, 2.05) is 35.2 Å². The van der Waals surface area contributed by atoms with Crippen molar-refractivity contribution in [1.82, 2.24) is 0 Å². The molecule has 2 aromatic carbocycles. The topological polar surface area (TPSA) is 37.4 Å². The van der Waals surface area contributed by atoms with Crippen LogP contribution in [0.1, 0.15) is 35.7 Å². The molecule has 0 N–H and O–H groups in total. The van der Waals surface area contributed by atoms with E-state index in [1.54, 1.807) is 12.1 Å². The molecular formula is C19H18BrNO2. The Kier molecular flexibility index (Phi) is 4.62. The van der Waals surface area contributed by atoms with Gasteiger partial charge >= 0.3 is 0 Å². The molecule has 118 valence electrons. The molecule has 1 amide bonds. The lowest BCUT2D eigenvalue weighted by Gasteiger charge is -2.22. The third-order valence-corrected chi connectivity index (χ3v) is 4.74. The van der Waals surface area contributed by atoms with Gasteiger partial charge in [-0.2, -0.15) is 0 Å². The number of hydrogen-bond donors (Lipinski definition) is 0. The number of hydrogen-bond acceptors (Lipinski definition) is 2. The van der Waals surface area contributed by atoms with Crippen LogP contribution in [0.25, 0.3) is 0 Å². The Labute approximate surface area is 144 Å². The Morgan fingerprint density at radius 1 is 1.09 bits per heavy atom. The molecule has 2 aromatic rings. The van der Waals surface area contributed by atoms with Crippen LogP contribution in [0.15, 0.2) is 53.0 Å². The fourth-order valence-corrected chi connectivity index (χ4v) is 3.33. The summed E-state index contributed by atoms with van der Waals surface area (Å²) in [5.74, 6) is 0.0268. The van der Waals surface area contributed by atoms with Crippen molar-refractivity contribution >= 4 is 33.3 Å². The standard InChI is InChI=1S/C19H18BrNO2/c1-13-12-15-4-2-3-5-17(15)21(13)19(23)11-10-18(22)14-6-8-16(20)9-7-14/h2-9,13H,10-12H2,1H3. The molecule has 3 rings (SSSR count). The summed E-state index contributed by atoms with van der Waals surface area (Å²) in [4.78, 5) is 26.6. The van der Waals surface area contributed by atoms with E-state index >= 15 is 0 Å². The van der Waals surface area contributed by atoms with Crippen molar-refractivity contribution in [2.45, 2.75) is 32.2 Å². The zero-order valence-electron chi connectivity index (χ0n) is 13.0. The van der Waals surface area contributed by atoms with Gasteiger partial charge in [0.1, 0.15) is 0 Å². The van der Waals surface area contributed by atoms with Gasteiger partial charge in [-0.3, -0.25) is 9.59 Å². The number of fused-ring (bicyclic) bond motifs is 1. The SMILES string of the molecule is CC1Cc2ccccc2N1C(=O)CCC(=O)c1ccc(Br)cc1. The smallest absolute Gasteiger partial charge is 0.227 e. The minimum Gasteiger partial charge on any atom is -0.309 e. The summed E-state index contributed by atoms with van der Waals surface area (Å²) >= 11 is 3.35. The van der Waals surface area contributed by atoms with Crippen molar-refractivity contribution < 1.29 is 9.59 Å². The van der Waals surface area contributed by atoms with E-state index in [1.165, 1.54) is 5.56 Å². The molecule has 1 unspecified atom stereocenters. The first-order valence-corrected chi connectivity index (χ1v) is 8.54. The first-order valence-electron chi connectivity index (χ1n) is 7.75. The highest BCUT2D eigenvalue weighted by molar-refractivity contribution is 9.10. The highest BCUT2D eigenvalue weighted by atomic mass is 79.9. The van der Waals surface area contributed by atoms with Crippen LogP contribution in [0.3, 0.4) is 0 Å². The maximum atomic E-state index is 12.6. The van der Waals surface area contributed by atoms with Gasteiger partial charge in [0.2, 0.25) is 5.91 Å². The van der Waals surface area contributed by atoms with Crippen molar-refractivity contribution in [3.8, 4) is 0 Å². The van der Waals surface area contributed by atoms with Crippen LogP contribution >= 0.6 is 15.9 Å². The van der Waals surface area contributed by atoms with Crippen molar-refractivity contribution in [2.75, 3.05) is 4.90 Å². The molecule has 1 heterocycles. The zero-order valence-corrected chi connectivity index (χ0v) is 14.5. The molecular weight excluding hydrogens is 354 g/mol. The Hall–Kier alpha value is -1.94. The molecule has 0 radical (unpaired) electrons. The van der Waals surface area contributed by atoms with E-state index < -0.39 is 0 Å². The number of para-hydroxylation sites is 1. The van der Waals surface area contributed by atoms with Gasteiger partial charge in [-0.1, -0.05) is 46.3 Å². The number of benzene rings is 2. The van der Waals surface area contributed by atoms with Crippen LogP contribution in [0.5, 0.6) is 0 Å². The summed E-state index contributed by atoms with van der Waals surface area (Å²) in [5, 5.41) is 0. The third kappa shape index (κ3) is 3.37. The molecule has 0 bridgehead atoms. The maximum absolute atomic E-state index is 12.6. The third-order valence-electron chi connectivity index (χ3n) is 4.21. The van der Waals surface area contributed by atoms with Crippen molar-refractivity contribution in [3.63, 3.8) is 0 Å². The second-order valence-corrected chi connectivity index (χ2v) is 6.79. The minimum atomic E-state index is 0.00554. The number of rotatable bonds is 4. The highest BCUT2D eigenvalue weighted by Gasteiger charge is 2.30. The molecule has 0 aromatic heterocycles. The predicted molar refractivity (Wildman–Crippen MR) is 94.8 cm³/mol. The molecule has 3 nitrogen and oxygen atoms in total. The van der Waals surface area contributed by atoms with Gasteiger partial charge in [-0.05, 0) is 37.1 Å². The lowest BCUT2D eigenvalue weighted by Crippen LogP contribution is -2.35. The molecule has 0 saturated heterocycles. The van der Waals surface area contributed by atoms with Gasteiger partial charge in [0, 0.05) is 34.6 Å². The number of Topliss-reactive ketones (excluding diaryl/α,β-unsaturated/α-hetero) is 1. The van der Waals surface area contributed by atoms with Crippen LogP contribution in [0, 0.1) is 0 Å². The Bertz CT molecular complexity index is 739. The summed E-state index contributed by atoms with van der Waals surface area (Å²) < 4.78 is 0.938. The zero-order chi connectivity index (χ0) is 16.4. The van der Waals surface area contributed by atoms with Crippen LogP contribution in [-0.4, -0.2) is 17.7 Å². The Balaban J connectivity index is 1.66. The minimum absolute atomic E-state index is 0.00554. The van der Waals surface area contributed by atoms with E-state index in [0.29, 0.717) is 5.56 Å². The van der Waals surface area contributed by atoms with Crippen LogP contribution in [0.2, 0.25) is 0 Å². The van der Waals surface area contributed by atoms with E-state index in [-0.39, 0.29) is 30.6 Å². The van der Waals surface area contributed by atoms with Gasteiger partial charge in [0.25, 0.3) is 0 Å². The lowest BCUT2D eigenvalue weighted by molar-refractivity contribution is -0.118. The quantitative estimate of drug-likeness (QED) is 0.747. The first-order chi connectivity index (χ1) is 11.1. The molecule has 1 atom stereocenters. The Morgan fingerprint density at radius 3 is 2.52 bits per heavy atom.